The summed E-state index contributed by atoms with van der Waals surface area (Å²) >= 11 is 0. The molecule has 1 fully saturated rings. The number of amides is 1. The number of methoxy groups -OCH3 is 1. The van der Waals surface area contributed by atoms with Crippen molar-refractivity contribution in [2.75, 3.05) is 20.0 Å². The molecule has 1 saturated carbocycles. The molecule has 128 valence electrons. The Labute approximate surface area is 130 Å². The number of nitrogens with one attached hydrogen (secondary N) is 1. The summed E-state index contributed by atoms with van der Waals surface area (Å²) in [5.41, 5.74) is -1.86. The molecule has 0 bridgehead atoms. The van der Waals surface area contributed by atoms with Crippen molar-refractivity contribution >= 4 is 22.2 Å². The number of carbonyl (C=O) groups excluding carboxylic acids is 2. The summed E-state index contributed by atoms with van der Waals surface area (Å²) in [7, 11) is -2.30. The highest BCUT2D eigenvalue weighted by Gasteiger charge is 2.62. The third-order valence-electron chi connectivity index (χ3n) is 3.14. The molecule has 0 aromatic carbocycles. The molecule has 1 aliphatic rings. The van der Waals surface area contributed by atoms with Gasteiger partial charge < -0.3 is 14.8 Å². The Morgan fingerprint density at radius 1 is 1.32 bits per heavy atom. The van der Waals surface area contributed by atoms with Gasteiger partial charge in [-0.25, -0.2) is 9.59 Å². The largest absolute Gasteiger partial charge is 0.467 e. The lowest BCUT2D eigenvalue weighted by Crippen LogP contribution is -2.47. The van der Waals surface area contributed by atoms with Gasteiger partial charge in [-0.3, -0.25) is 4.18 Å². The van der Waals surface area contributed by atoms with Crippen molar-refractivity contribution in [1.82, 2.24) is 5.32 Å². The van der Waals surface area contributed by atoms with Crippen molar-refractivity contribution in [3.05, 3.63) is 0 Å². The lowest BCUT2D eigenvalue weighted by Gasteiger charge is -2.23. The molecule has 1 N–H and O–H groups in total. The monoisotopic (exact) mass is 337 g/mol. The van der Waals surface area contributed by atoms with E-state index >= 15 is 0 Å². The van der Waals surface area contributed by atoms with Crippen molar-refractivity contribution in [1.29, 1.82) is 0 Å². The van der Waals surface area contributed by atoms with Crippen LogP contribution in [0, 0.1) is 5.92 Å². The second-order valence-corrected chi connectivity index (χ2v) is 7.95. The lowest BCUT2D eigenvalue weighted by molar-refractivity contribution is -0.144. The second kappa shape index (κ2) is 6.41. The number of esters is 1. The van der Waals surface area contributed by atoms with Gasteiger partial charge in [-0.15, -0.1) is 0 Å². The van der Waals surface area contributed by atoms with Crippen molar-refractivity contribution in [3.8, 4) is 0 Å². The van der Waals surface area contributed by atoms with E-state index < -0.39 is 33.3 Å². The minimum absolute atomic E-state index is 0.0573. The fourth-order valence-corrected chi connectivity index (χ4v) is 2.54. The first-order valence-electron chi connectivity index (χ1n) is 6.83. The zero-order valence-electron chi connectivity index (χ0n) is 13.5. The maximum atomic E-state index is 11.9. The van der Waals surface area contributed by atoms with Crippen molar-refractivity contribution in [2.45, 2.75) is 44.8 Å². The Bertz CT molecular complexity index is 537. The number of rotatable bonds is 6. The van der Waals surface area contributed by atoms with Gasteiger partial charge in [-0.2, -0.15) is 8.42 Å². The van der Waals surface area contributed by atoms with Gasteiger partial charge in [0.1, 0.15) is 11.1 Å². The standard InChI is InChI=1S/C13H23NO7S/c1-12(2,3)21-11(16)14-13(10(15)19-4)8-9(13)6-7-20-22(5,17)18/h9H,6-8H2,1-5H3,(H,14,16)/t9-,13+/m1/s1. The molecule has 0 aromatic rings. The highest BCUT2D eigenvalue weighted by Crippen LogP contribution is 2.47. The van der Waals surface area contributed by atoms with Gasteiger partial charge in [-0.05, 0) is 39.5 Å². The summed E-state index contributed by atoms with van der Waals surface area (Å²) in [5, 5.41) is 2.53. The van der Waals surface area contributed by atoms with E-state index in [0.717, 1.165) is 6.26 Å². The summed E-state index contributed by atoms with van der Waals surface area (Å²) in [6, 6.07) is 0. The summed E-state index contributed by atoms with van der Waals surface area (Å²) in [5.74, 6) is -0.836. The first kappa shape index (κ1) is 18.7. The molecule has 1 rings (SSSR count). The van der Waals surface area contributed by atoms with Crippen molar-refractivity contribution in [3.63, 3.8) is 0 Å². The van der Waals surface area contributed by atoms with E-state index in [4.69, 9.17) is 9.47 Å². The van der Waals surface area contributed by atoms with Gasteiger partial charge >= 0.3 is 12.1 Å². The minimum atomic E-state index is -3.53. The molecular formula is C13H23NO7S. The quantitative estimate of drug-likeness (QED) is 0.564. The Kier molecular flexibility index (Phi) is 5.45. The SMILES string of the molecule is COC(=O)[C@]1(NC(=O)OC(C)(C)C)C[C@H]1CCOS(C)(=O)=O. The average molecular weight is 337 g/mol. The molecule has 9 heteroatoms. The number of hydrogen-bond donors (Lipinski definition) is 1. The summed E-state index contributed by atoms with van der Waals surface area (Å²) in [4.78, 5) is 23.8. The minimum Gasteiger partial charge on any atom is -0.467 e. The van der Waals surface area contributed by atoms with Crippen LogP contribution >= 0.6 is 0 Å². The van der Waals surface area contributed by atoms with Crippen LogP contribution in [0.5, 0.6) is 0 Å². The van der Waals surface area contributed by atoms with Crippen LogP contribution in [0.25, 0.3) is 0 Å². The number of alkyl carbamates (subject to hydrolysis) is 1. The van der Waals surface area contributed by atoms with Crippen LogP contribution in [0.2, 0.25) is 0 Å². The summed E-state index contributed by atoms with van der Waals surface area (Å²) in [6.45, 7) is 5.07. The van der Waals surface area contributed by atoms with Crippen LogP contribution < -0.4 is 5.32 Å². The van der Waals surface area contributed by atoms with Crippen LogP contribution in [0.1, 0.15) is 33.6 Å². The van der Waals surface area contributed by atoms with E-state index in [2.05, 4.69) is 9.50 Å². The molecule has 0 heterocycles. The maximum Gasteiger partial charge on any atom is 0.408 e. The Hall–Kier alpha value is -1.35. The Morgan fingerprint density at radius 3 is 2.36 bits per heavy atom. The van der Waals surface area contributed by atoms with Crippen LogP contribution in [0.3, 0.4) is 0 Å². The topological polar surface area (TPSA) is 108 Å². The third kappa shape index (κ3) is 5.45. The molecule has 1 amide bonds. The fraction of sp³-hybridized carbons (Fsp3) is 0.846. The summed E-state index contributed by atoms with van der Waals surface area (Å²) in [6.07, 6.45) is 0.889. The fourth-order valence-electron chi connectivity index (χ4n) is 2.14. The van der Waals surface area contributed by atoms with Gasteiger partial charge in [0, 0.05) is 0 Å². The molecule has 22 heavy (non-hydrogen) atoms. The first-order chi connectivity index (χ1) is 9.89. The predicted molar refractivity (Wildman–Crippen MR) is 77.6 cm³/mol. The molecule has 2 atom stereocenters. The van der Waals surface area contributed by atoms with Gasteiger partial charge in [0.05, 0.1) is 20.0 Å². The van der Waals surface area contributed by atoms with E-state index in [1.54, 1.807) is 20.8 Å². The van der Waals surface area contributed by atoms with Crippen molar-refractivity contribution in [2.24, 2.45) is 5.92 Å². The molecule has 0 aliphatic heterocycles. The van der Waals surface area contributed by atoms with E-state index in [0.29, 0.717) is 12.8 Å². The van der Waals surface area contributed by atoms with Gasteiger partial charge in [0.2, 0.25) is 0 Å². The first-order valence-corrected chi connectivity index (χ1v) is 8.65. The molecule has 0 saturated heterocycles. The zero-order valence-corrected chi connectivity index (χ0v) is 14.3. The van der Waals surface area contributed by atoms with Crippen LogP contribution in [0.15, 0.2) is 0 Å². The highest BCUT2D eigenvalue weighted by molar-refractivity contribution is 7.85. The number of ether oxygens (including phenoxy) is 2. The maximum absolute atomic E-state index is 11.9. The average Bonchev–Trinajstić information content (AvgIpc) is 2.98. The Morgan fingerprint density at radius 2 is 1.91 bits per heavy atom. The molecule has 0 aromatic heterocycles. The van der Waals surface area contributed by atoms with Crippen LogP contribution in [-0.2, 0) is 28.6 Å². The smallest absolute Gasteiger partial charge is 0.408 e. The molecule has 0 unspecified atom stereocenters. The van der Waals surface area contributed by atoms with E-state index in [9.17, 15) is 18.0 Å². The van der Waals surface area contributed by atoms with Crippen molar-refractivity contribution < 1.29 is 31.7 Å². The predicted octanol–water partition coefficient (Wildman–Crippen LogP) is 0.809. The van der Waals surface area contributed by atoms with Gasteiger partial charge in [0.25, 0.3) is 10.1 Å². The zero-order chi connectivity index (χ0) is 17.2. The molecule has 0 radical (unpaired) electrons. The van der Waals surface area contributed by atoms with Crippen LogP contribution in [-0.4, -0.2) is 51.6 Å². The normalized spacial score (nSPS) is 24.5. The van der Waals surface area contributed by atoms with E-state index in [1.165, 1.54) is 7.11 Å². The highest BCUT2D eigenvalue weighted by atomic mass is 32.2. The molecule has 1 aliphatic carbocycles. The van der Waals surface area contributed by atoms with E-state index in [-0.39, 0.29) is 12.5 Å². The van der Waals surface area contributed by atoms with E-state index in [1.807, 2.05) is 0 Å². The molecular weight excluding hydrogens is 314 g/mol. The van der Waals surface area contributed by atoms with Gasteiger partial charge in [-0.1, -0.05) is 0 Å². The van der Waals surface area contributed by atoms with Gasteiger partial charge in [0.15, 0.2) is 0 Å². The Balaban J connectivity index is 2.64. The second-order valence-electron chi connectivity index (χ2n) is 6.31. The van der Waals surface area contributed by atoms with Crippen LogP contribution in [0.4, 0.5) is 4.79 Å². The molecule has 8 nitrogen and oxygen atoms in total. The summed E-state index contributed by atoms with van der Waals surface area (Å²) < 4.78 is 36.3. The number of hydrogen-bond acceptors (Lipinski definition) is 7. The third-order valence-corrected chi connectivity index (χ3v) is 3.74. The molecule has 0 spiro atoms. The lowest BCUT2D eigenvalue weighted by atomic mass is 10.1. The number of carbonyl (C=O) groups is 2.